The fourth-order valence-electron chi connectivity index (χ4n) is 1.83. The number of nitrogens with one attached hydrogen (secondary N) is 1. The van der Waals surface area contributed by atoms with Crippen LogP contribution in [-0.2, 0) is 6.54 Å². The van der Waals surface area contributed by atoms with Gasteiger partial charge in [0.1, 0.15) is 18.1 Å². The van der Waals surface area contributed by atoms with E-state index in [2.05, 4.69) is 5.32 Å². The first-order valence-corrected chi connectivity index (χ1v) is 6.51. The van der Waals surface area contributed by atoms with Crippen LogP contribution in [0.4, 0.5) is 5.69 Å². The monoisotopic (exact) mass is 288 g/mol. The molecule has 0 radical (unpaired) electrons. The van der Waals surface area contributed by atoms with Gasteiger partial charge in [-0.05, 0) is 17.7 Å². The lowest BCUT2D eigenvalue weighted by Crippen LogP contribution is -2.20. The maximum absolute atomic E-state index is 10.7. The molecule has 110 valence electrons. The summed E-state index contributed by atoms with van der Waals surface area (Å²) >= 11 is 0. The van der Waals surface area contributed by atoms with Crippen molar-refractivity contribution in [1.82, 2.24) is 5.32 Å². The van der Waals surface area contributed by atoms with E-state index in [4.69, 9.17) is 4.74 Å². The van der Waals surface area contributed by atoms with E-state index in [9.17, 15) is 15.2 Å². The highest BCUT2D eigenvalue weighted by Crippen LogP contribution is 2.17. The zero-order valence-electron chi connectivity index (χ0n) is 11.4. The van der Waals surface area contributed by atoms with Crippen LogP contribution in [0.1, 0.15) is 5.56 Å². The van der Waals surface area contributed by atoms with Crippen molar-refractivity contribution in [3.8, 4) is 11.5 Å². The smallest absolute Gasteiger partial charge is 0.269 e. The summed E-state index contributed by atoms with van der Waals surface area (Å²) in [4.78, 5) is 10.3. The molecule has 0 atom stereocenters. The summed E-state index contributed by atoms with van der Waals surface area (Å²) in [5, 5.41) is 23.1. The fraction of sp³-hybridized carbons (Fsp3) is 0.200. The summed E-state index contributed by atoms with van der Waals surface area (Å²) in [6, 6.07) is 13.1. The number of ether oxygens (including phenoxy) is 1. The highest BCUT2D eigenvalue weighted by Gasteiger charge is 2.04. The first-order valence-electron chi connectivity index (χ1n) is 6.51. The van der Waals surface area contributed by atoms with Gasteiger partial charge in [-0.15, -0.1) is 0 Å². The molecule has 2 aromatic rings. The molecular weight excluding hydrogens is 272 g/mol. The van der Waals surface area contributed by atoms with E-state index in [0.717, 1.165) is 5.56 Å². The molecule has 2 rings (SSSR count). The van der Waals surface area contributed by atoms with E-state index in [0.29, 0.717) is 25.4 Å². The second-order valence-corrected chi connectivity index (χ2v) is 4.45. The number of hydrogen-bond donors (Lipinski definition) is 2. The maximum Gasteiger partial charge on any atom is 0.269 e. The second-order valence-electron chi connectivity index (χ2n) is 4.45. The Kier molecular flexibility index (Phi) is 5.11. The van der Waals surface area contributed by atoms with Crippen LogP contribution < -0.4 is 10.1 Å². The normalized spacial score (nSPS) is 10.3. The molecule has 6 heteroatoms. The zero-order valence-corrected chi connectivity index (χ0v) is 11.4. The topological polar surface area (TPSA) is 84.6 Å². The summed E-state index contributed by atoms with van der Waals surface area (Å²) in [5.41, 5.74) is 0.937. The molecule has 21 heavy (non-hydrogen) atoms. The molecular formula is C15H16N2O4. The van der Waals surface area contributed by atoms with Crippen molar-refractivity contribution in [2.75, 3.05) is 13.2 Å². The Morgan fingerprint density at radius 3 is 2.76 bits per heavy atom. The molecule has 0 saturated carbocycles. The van der Waals surface area contributed by atoms with Crippen LogP contribution in [0, 0.1) is 10.1 Å². The molecule has 0 fully saturated rings. The molecule has 0 bridgehead atoms. The summed E-state index contributed by atoms with van der Waals surface area (Å²) in [6.45, 7) is 1.57. The van der Waals surface area contributed by atoms with Gasteiger partial charge >= 0.3 is 0 Å². The third-order valence-corrected chi connectivity index (χ3v) is 2.82. The van der Waals surface area contributed by atoms with Crippen LogP contribution in [0.15, 0.2) is 48.5 Å². The van der Waals surface area contributed by atoms with Gasteiger partial charge < -0.3 is 15.2 Å². The number of benzene rings is 2. The number of phenols is 1. The molecule has 0 spiro atoms. The Labute approximate surface area is 122 Å². The minimum absolute atomic E-state index is 0.0883. The Hall–Kier alpha value is -2.60. The van der Waals surface area contributed by atoms with Crippen molar-refractivity contribution in [2.24, 2.45) is 0 Å². The van der Waals surface area contributed by atoms with Crippen molar-refractivity contribution < 1.29 is 14.8 Å². The number of hydrogen-bond acceptors (Lipinski definition) is 5. The van der Waals surface area contributed by atoms with Gasteiger partial charge in [-0.25, -0.2) is 0 Å². The van der Waals surface area contributed by atoms with E-state index in [-0.39, 0.29) is 11.4 Å². The number of nitro benzene ring substituents is 1. The van der Waals surface area contributed by atoms with Crippen LogP contribution in [0.3, 0.4) is 0 Å². The predicted molar refractivity (Wildman–Crippen MR) is 78.4 cm³/mol. The van der Waals surface area contributed by atoms with Crippen molar-refractivity contribution in [3.05, 3.63) is 64.2 Å². The third-order valence-electron chi connectivity index (χ3n) is 2.82. The van der Waals surface area contributed by atoms with Crippen molar-refractivity contribution >= 4 is 5.69 Å². The first-order chi connectivity index (χ1) is 10.1. The van der Waals surface area contributed by atoms with Crippen LogP contribution in [0.2, 0.25) is 0 Å². The fourth-order valence-corrected chi connectivity index (χ4v) is 1.83. The van der Waals surface area contributed by atoms with Gasteiger partial charge in [0.05, 0.1) is 4.92 Å². The number of rotatable bonds is 7. The minimum Gasteiger partial charge on any atom is -0.508 e. The van der Waals surface area contributed by atoms with Gasteiger partial charge in [-0.3, -0.25) is 10.1 Å². The van der Waals surface area contributed by atoms with Crippen LogP contribution in [0.5, 0.6) is 11.5 Å². The Morgan fingerprint density at radius 2 is 2.00 bits per heavy atom. The number of aromatic hydroxyl groups is 1. The molecule has 0 unspecified atom stereocenters. The van der Waals surface area contributed by atoms with E-state index in [1.54, 1.807) is 36.4 Å². The molecule has 2 aromatic carbocycles. The van der Waals surface area contributed by atoms with E-state index >= 15 is 0 Å². The van der Waals surface area contributed by atoms with Gasteiger partial charge in [0.2, 0.25) is 0 Å². The number of phenolic OH excluding ortho intramolecular Hbond substituents is 1. The average Bonchev–Trinajstić information content (AvgIpc) is 2.47. The highest BCUT2D eigenvalue weighted by molar-refractivity contribution is 5.34. The SMILES string of the molecule is O=[N+]([O-])c1cccc(CNCCOc2cccc(O)c2)c1. The van der Waals surface area contributed by atoms with Gasteiger partial charge in [0.25, 0.3) is 5.69 Å². The second kappa shape index (κ2) is 7.25. The first kappa shape index (κ1) is 14.8. The average molecular weight is 288 g/mol. The highest BCUT2D eigenvalue weighted by atomic mass is 16.6. The standard InChI is InChI=1S/C15H16N2O4/c18-14-5-2-6-15(10-14)21-8-7-16-11-12-3-1-4-13(9-12)17(19)20/h1-6,9-10,16,18H,7-8,11H2. The molecule has 0 amide bonds. The Morgan fingerprint density at radius 1 is 1.19 bits per heavy atom. The molecule has 6 nitrogen and oxygen atoms in total. The summed E-state index contributed by atoms with van der Waals surface area (Å²) in [5.74, 6) is 0.768. The number of non-ortho nitro benzene ring substituents is 1. The Bertz CT molecular complexity index is 616. The molecule has 0 aromatic heterocycles. The maximum atomic E-state index is 10.7. The zero-order chi connectivity index (χ0) is 15.1. The largest absolute Gasteiger partial charge is 0.508 e. The molecule has 2 N–H and O–H groups in total. The molecule has 0 aliphatic rings. The summed E-state index contributed by atoms with van der Waals surface area (Å²) in [6.07, 6.45) is 0. The van der Waals surface area contributed by atoms with E-state index in [1.165, 1.54) is 6.07 Å². The van der Waals surface area contributed by atoms with Crippen molar-refractivity contribution in [2.45, 2.75) is 6.54 Å². The van der Waals surface area contributed by atoms with Crippen molar-refractivity contribution in [3.63, 3.8) is 0 Å². The van der Waals surface area contributed by atoms with E-state index in [1.807, 2.05) is 6.07 Å². The summed E-state index contributed by atoms with van der Waals surface area (Å²) < 4.78 is 5.46. The van der Waals surface area contributed by atoms with Crippen LogP contribution >= 0.6 is 0 Å². The lowest BCUT2D eigenvalue weighted by atomic mass is 10.2. The molecule has 0 saturated heterocycles. The van der Waals surface area contributed by atoms with Crippen LogP contribution in [0.25, 0.3) is 0 Å². The summed E-state index contributed by atoms with van der Waals surface area (Å²) in [7, 11) is 0. The van der Waals surface area contributed by atoms with Gasteiger partial charge in [-0.1, -0.05) is 18.2 Å². The molecule has 0 aliphatic heterocycles. The number of nitro groups is 1. The molecule has 0 heterocycles. The predicted octanol–water partition coefficient (Wildman–Crippen LogP) is 2.47. The Balaban J connectivity index is 1.72. The third kappa shape index (κ3) is 4.77. The van der Waals surface area contributed by atoms with Gasteiger partial charge in [0, 0.05) is 31.3 Å². The molecule has 0 aliphatic carbocycles. The van der Waals surface area contributed by atoms with E-state index < -0.39 is 4.92 Å². The lowest BCUT2D eigenvalue weighted by Gasteiger charge is -2.08. The van der Waals surface area contributed by atoms with Crippen molar-refractivity contribution in [1.29, 1.82) is 0 Å². The quantitative estimate of drug-likeness (QED) is 0.464. The van der Waals surface area contributed by atoms with Gasteiger partial charge in [-0.2, -0.15) is 0 Å². The lowest BCUT2D eigenvalue weighted by molar-refractivity contribution is -0.384. The minimum atomic E-state index is -0.408. The van der Waals surface area contributed by atoms with Crippen LogP contribution in [-0.4, -0.2) is 23.2 Å². The van der Waals surface area contributed by atoms with Gasteiger partial charge in [0.15, 0.2) is 0 Å². The number of nitrogens with zero attached hydrogens (tertiary/aromatic N) is 1.